The van der Waals surface area contributed by atoms with Crippen molar-refractivity contribution in [1.82, 2.24) is 8.87 Å². The van der Waals surface area contributed by atoms with Gasteiger partial charge in [-0.2, -0.15) is 9.30 Å². The highest BCUT2D eigenvalue weighted by atomic mass is 35.5. The van der Waals surface area contributed by atoms with E-state index in [2.05, 4.69) is 37.0 Å². The molecule has 2 heterocycles. The van der Waals surface area contributed by atoms with E-state index in [0.29, 0.717) is 41.7 Å². The van der Waals surface area contributed by atoms with Crippen molar-refractivity contribution >= 4 is 49.1 Å². The summed E-state index contributed by atoms with van der Waals surface area (Å²) in [4.78, 5) is 18.4. The molecule has 176 valence electrons. The van der Waals surface area contributed by atoms with Crippen LogP contribution >= 0.6 is 22.9 Å². The van der Waals surface area contributed by atoms with Crippen molar-refractivity contribution in [3.63, 3.8) is 0 Å². The van der Waals surface area contributed by atoms with E-state index in [1.807, 2.05) is 11.5 Å². The second-order valence-electron chi connectivity index (χ2n) is 8.62. The minimum absolute atomic E-state index is 0.141. The first-order chi connectivity index (χ1) is 15.7. The van der Waals surface area contributed by atoms with Crippen molar-refractivity contribution < 1.29 is 13.2 Å². The molecular formula is C24H28ClN3O3S2. The summed E-state index contributed by atoms with van der Waals surface area (Å²) in [6.07, 6.45) is 1.25. The number of piperidine rings is 1. The number of carbonyl (C=O) groups is 1. The molecule has 1 unspecified atom stereocenters. The van der Waals surface area contributed by atoms with Crippen LogP contribution in [0.3, 0.4) is 0 Å². The average molecular weight is 506 g/mol. The summed E-state index contributed by atoms with van der Waals surface area (Å²) in [5.41, 5.74) is 2.31. The zero-order valence-corrected chi connectivity index (χ0v) is 21.4. The van der Waals surface area contributed by atoms with Gasteiger partial charge >= 0.3 is 0 Å². The normalized spacial score (nSPS) is 18.3. The van der Waals surface area contributed by atoms with E-state index in [0.717, 1.165) is 10.2 Å². The maximum absolute atomic E-state index is 13.1. The van der Waals surface area contributed by atoms with Crippen LogP contribution in [0.4, 0.5) is 0 Å². The Balaban J connectivity index is 1.61. The molecule has 1 atom stereocenters. The Kier molecular flexibility index (Phi) is 7.09. The van der Waals surface area contributed by atoms with Gasteiger partial charge in [0.25, 0.3) is 5.91 Å². The van der Waals surface area contributed by atoms with Gasteiger partial charge < -0.3 is 4.57 Å². The van der Waals surface area contributed by atoms with Crippen molar-refractivity contribution in [1.29, 1.82) is 0 Å². The van der Waals surface area contributed by atoms with E-state index in [1.54, 1.807) is 12.1 Å². The van der Waals surface area contributed by atoms with Crippen LogP contribution in [0.5, 0.6) is 0 Å². The fourth-order valence-electron chi connectivity index (χ4n) is 4.14. The third-order valence-electron chi connectivity index (χ3n) is 6.08. The van der Waals surface area contributed by atoms with Gasteiger partial charge in [0.05, 0.1) is 21.0 Å². The fraction of sp³-hybridized carbons (Fsp3) is 0.417. The number of thiazole rings is 1. The SMILES string of the molecule is CCn1c(=NC(=O)C2CCCN(S(=O)(=O)c3ccc(Cl)cc3)C2)sc2cc(C(C)C)ccc21. The van der Waals surface area contributed by atoms with E-state index >= 15 is 0 Å². The number of halogens is 1. The monoisotopic (exact) mass is 505 g/mol. The average Bonchev–Trinajstić information content (AvgIpc) is 3.15. The van der Waals surface area contributed by atoms with Crippen molar-refractivity contribution in [2.45, 2.75) is 51.0 Å². The number of nitrogens with zero attached hydrogens (tertiary/aromatic N) is 3. The minimum Gasteiger partial charge on any atom is -0.317 e. The van der Waals surface area contributed by atoms with Gasteiger partial charge in [-0.1, -0.05) is 42.9 Å². The van der Waals surface area contributed by atoms with Crippen molar-refractivity contribution in [3.05, 3.63) is 57.9 Å². The number of carbonyl (C=O) groups excluding carboxylic acids is 1. The third-order valence-corrected chi connectivity index (χ3v) is 9.25. The topological polar surface area (TPSA) is 71.7 Å². The Hall–Kier alpha value is -2.00. The number of benzene rings is 2. The summed E-state index contributed by atoms with van der Waals surface area (Å²) < 4.78 is 30.7. The van der Waals surface area contributed by atoms with Crippen LogP contribution in [-0.4, -0.2) is 36.3 Å². The van der Waals surface area contributed by atoms with Crippen LogP contribution in [0.25, 0.3) is 10.2 Å². The van der Waals surface area contributed by atoms with Gasteiger partial charge in [-0.3, -0.25) is 4.79 Å². The highest BCUT2D eigenvalue weighted by Gasteiger charge is 2.33. The van der Waals surface area contributed by atoms with Gasteiger partial charge in [0.1, 0.15) is 0 Å². The minimum atomic E-state index is -3.69. The molecule has 0 N–H and O–H groups in total. The second-order valence-corrected chi connectivity index (χ2v) is 12.0. The van der Waals surface area contributed by atoms with Crippen molar-refractivity contribution in [3.8, 4) is 0 Å². The Bertz CT molecular complexity index is 1340. The van der Waals surface area contributed by atoms with Gasteiger partial charge in [0.15, 0.2) is 4.80 Å². The summed E-state index contributed by atoms with van der Waals surface area (Å²) in [6, 6.07) is 12.5. The van der Waals surface area contributed by atoms with Crippen LogP contribution in [0, 0.1) is 5.92 Å². The Morgan fingerprint density at radius 1 is 1.21 bits per heavy atom. The Labute approximate surface area is 203 Å². The summed E-state index contributed by atoms with van der Waals surface area (Å²) in [7, 11) is -3.69. The lowest BCUT2D eigenvalue weighted by Crippen LogP contribution is -2.42. The number of rotatable bonds is 5. The summed E-state index contributed by atoms with van der Waals surface area (Å²) in [5, 5.41) is 0.479. The Morgan fingerprint density at radius 2 is 1.94 bits per heavy atom. The molecule has 1 aromatic heterocycles. The van der Waals surface area contributed by atoms with E-state index < -0.39 is 15.9 Å². The molecule has 6 nitrogen and oxygen atoms in total. The quantitative estimate of drug-likeness (QED) is 0.488. The number of hydrogen-bond donors (Lipinski definition) is 0. The predicted octanol–water partition coefficient (Wildman–Crippen LogP) is 5.03. The fourth-order valence-corrected chi connectivity index (χ4v) is 6.94. The molecule has 0 spiro atoms. The molecule has 2 aromatic carbocycles. The van der Waals surface area contributed by atoms with Gasteiger partial charge in [-0.05, 0) is 67.6 Å². The first-order valence-corrected chi connectivity index (χ1v) is 13.8. The van der Waals surface area contributed by atoms with Crippen LogP contribution in [-0.2, 0) is 21.4 Å². The zero-order valence-electron chi connectivity index (χ0n) is 19.0. The molecule has 0 bridgehead atoms. The Morgan fingerprint density at radius 3 is 2.61 bits per heavy atom. The van der Waals surface area contributed by atoms with Crippen LogP contribution < -0.4 is 4.80 Å². The van der Waals surface area contributed by atoms with E-state index in [1.165, 1.54) is 33.3 Å². The lowest BCUT2D eigenvalue weighted by molar-refractivity contribution is -0.122. The zero-order chi connectivity index (χ0) is 23.8. The van der Waals surface area contributed by atoms with E-state index in [4.69, 9.17) is 11.6 Å². The van der Waals surface area contributed by atoms with E-state index in [-0.39, 0.29) is 17.3 Å². The lowest BCUT2D eigenvalue weighted by Gasteiger charge is -2.30. The molecule has 33 heavy (non-hydrogen) atoms. The van der Waals surface area contributed by atoms with E-state index in [9.17, 15) is 13.2 Å². The summed E-state index contributed by atoms with van der Waals surface area (Å²) in [5.74, 6) is -0.296. The molecular weight excluding hydrogens is 478 g/mol. The number of sulfonamides is 1. The summed E-state index contributed by atoms with van der Waals surface area (Å²) in [6.45, 7) is 7.59. The lowest BCUT2D eigenvalue weighted by atomic mass is 9.99. The molecule has 9 heteroatoms. The molecule has 3 aromatic rings. The third kappa shape index (κ3) is 4.94. The van der Waals surface area contributed by atoms with Crippen LogP contribution in [0.1, 0.15) is 45.1 Å². The number of aryl methyl sites for hydroxylation is 1. The molecule has 1 amide bonds. The van der Waals surface area contributed by atoms with Gasteiger partial charge in [0, 0.05) is 24.7 Å². The van der Waals surface area contributed by atoms with Crippen molar-refractivity contribution in [2.75, 3.05) is 13.1 Å². The molecule has 0 aliphatic carbocycles. The molecule has 0 saturated carbocycles. The second kappa shape index (κ2) is 9.70. The number of hydrogen-bond acceptors (Lipinski definition) is 4. The number of aromatic nitrogens is 1. The number of fused-ring (bicyclic) bond motifs is 1. The molecule has 1 saturated heterocycles. The maximum Gasteiger partial charge on any atom is 0.252 e. The molecule has 0 radical (unpaired) electrons. The van der Waals surface area contributed by atoms with Gasteiger partial charge in [-0.25, -0.2) is 8.42 Å². The molecule has 1 fully saturated rings. The molecule has 4 rings (SSSR count). The maximum atomic E-state index is 13.1. The predicted molar refractivity (Wildman–Crippen MR) is 133 cm³/mol. The first-order valence-electron chi connectivity index (χ1n) is 11.2. The molecule has 1 aliphatic rings. The summed E-state index contributed by atoms with van der Waals surface area (Å²) >= 11 is 7.41. The largest absolute Gasteiger partial charge is 0.317 e. The van der Waals surface area contributed by atoms with Crippen LogP contribution in [0.15, 0.2) is 52.4 Å². The first kappa shape index (κ1) is 24.1. The molecule has 1 aliphatic heterocycles. The van der Waals surface area contributed by atoms with Crippen molar-refractivity contribution in [2.24, 2.45) is 10.9 Å². The van der Waals surface area contributed by atoms with Crippen LogP contribution in [0.2, 0.25) is 5.02 Å². The highest BCUT2D eigenvalue weighted by molar-refractivity contribution is 7.89. The van der Waals surface area contributed by atoms with Gasteiger partial charge in [-0.15, -0.1) is 0 Å². The smallest absolute Gasteiger partial charge is 0.252 e. The van der Waals surface area contributed by atoms with Gasteiger partial charge in [0.2, 0.25) is 10.0 Å². The standard InChI is InChI=1S/C24H28ClN3O3S2/c1-4-28-21-12-7-17(16(2)3)14-22(21)32-24(28)26-23(29)18-6-5-13-27(15-18)33(30,31)20-10-8-19(25)9-11-20/h7-12,14,16,18H,4-6,13,15H2,1-3H3. The highest BCUT2D eigenvalue weighted by Crippen LogP contribution is 2.26. The number of amides is 1.